The molecule has 3 aliphatic heterocycles. The second-order valence-electron chi connectivity index (χ2n) is 31.0. The Kier molecular flexibility index (Phi) is 29.8. The van der Waals surface area contributed by atoms with Crippen LogP contribution in [0.2, 0.25) is 0 Å². The zero-order valence-corrected chi connectivity index (χ0v) is 63.5. The van der Waals surface area contributed by atoms with Gasteiger partial charge in [0.25, 0.3) is 0 Å². The summed E-state index contributed by atoms with van der Waals surface area (Å²) in [5.74, 6) is -20.0. The molecule has 1 spiro atoms. The standard InChI is InChI=1S/C72H110F10N12O13/c1-13-39(4)59-67(104)88(8)38-53(97)90(10)47-23-18-19-32-93(66(47)103)50(33-40-24-26-42(27-25-40)71(77,78)79)65(102)87(7)37-51(95)83-45(29-28-44-55(73)57(75)54(72(80,81)82)58(76)56(44)74)63(100)94-36-43(107-15-3)34-48(94)62(99)85-70(30-20-31-70)69(106)92(12)60(41-21-16-17-22-41)68(105)91(11)49(64(101)86(5)6)35-52(96)89(9)46(14-2)61(98)84-59/h39-50,54-60H,13-38H2,1-12H3,(H,83,95)(H,84,98)(H,85,99)/t39-,40?,42?,43+,44?,45-,46-,47-,48-,49-,50-,54?,55?,56?,57?,58?,59-,60-/m0/s1. The molecule has 25 nitrogen and oxygen atoms in total. The third-order valence-corrected chi connectivity index (χ3v) is 23.8. The fourth-order valence-electron chi connectivity index (χ4n) is 16.8. The molecule has 0 aromatic rings. The van der Waals surface area contributed by atoms with Crippen LogP contribution in [0.25, 0.3) is 0 Å². The average Bonchev–Trinajstić information content (AvgIpc) is 1.07. The second-order valence-corrected chi connectivity index (χ2v) is 31.0. The first-order chi connectivity index (χ1) is 50.1. The van der Waals surface area contributed by atoms with Crippen molar-refractivity contribution in [1.82, 2.24) is 60.0 Å². The average molecular weight is 1540 g/mol. The van der Waals surface area contributed by atoms with Gasteiger partial charge in [-0.3, -0.25) is 57.5 Å². The van der Waals surface area contributed by atoms with Crippen LogP contribution >= 0.6 is 0 Å². The Morgan fingerprint density at radius 3 is 1.75 bits per heavy atom. The molecule has 4 unspecified atom stereocenters. The Morgan fingerprint density at radius 2 is 1.21 bits per heavy atom. The number of hydrogen-bond donors (Lipinski definition) is 3. The van der Waals surface area contributed by atoms with E-state index in [-0.39, 0.29) is 90.2 Å². The predicted octanol–water partition coefficient (Wildman–Crippen LogP) is 5.44. The quantitative estimate of drug-likeness (QED) is 0.206. The predicted molar refractivity (Wildman–Crippen MR) is 368 cm³/mol. The van der Waals surface area contributed by atoms with E-state index in [2.05, 4.69) is 16.0 Å². The van der Waals surface area contributed by atoms with Gasteiger partial charge in [0.2, 0.25) is 70.9 Å². The molecule has 7 aliphatic rings. The first-order valence-corrected chi connectivity index (χ1v) is 37.7. The summed E-state index contributed by atoms with van der Waals surface area (Å²) in [6.45, 7) is 4.36. The normalized spacial score (nSPS) is 33.3. The molecule has 0 aromatic heterocycles. The number of rotatable bonds is 12. The van der Waals surface area contributed by atoms with Crippen LogP contribution in [0.4, 0.5) is 43.9 Å². The lowest BCUT2D eigenvalue weighted by Gasteiger charge is -2.46. The number of carbonyl (C=O) groups is 12. The molecule has 14 atom stereocenters. The van der Waals surface area contributed by atoms with E-state index in [0.717, 1.165) is 36.4 Å². The number of likely N-dealkylation sites (N-methyl/N-ethyl adjacent to an activating group) is 7. The minimum Gasteiger partial charge on any atom is -0.377 e. The number of alkyl halides is 10. The third kappa shape index (κ3) is 19.9. The van der Waals surface area contributed by atoms with Crippen molar-refractivity contribution in [2.24, 2.45) is 35.5 Å². The van der Waals surface area contributed by atoms with Crippen LogP contribution in [0.1, 0.15) is 163 Å². The lowest BCUT2D eigenvalue weighted by Crippen LogP contribution is -2.68. The number of ether oxygens (including phenoxy) is 1. The molecule has 606 valence electrons. The van der Waals surface area contributed by atoms with Gasteiger partial charge in [0.05, 0.1) is 31.5 Å². The highest BCUT2D eigenvalue weighted by Crippen LogP contribution is 2.48. The van der Waals surface area contributed by atoms with E-state index in [4.69, 9.17) is 4.74 Å². The highest BCUT2D eigenvalue weighted by molar-refractivity contribution is 6.01. The van der Waals surface area contributed by atoms with Crippen molar-refractivity contribution in [3.05, 3.63) is 0 Å². The molecule has 107 heavy (non-hydrogen) atoms. The van der Waals surface area contributed by atoms with Crippen molar-refractivity contribution in [2.45, 2.75) is 260 Å². The zero-order valence-electron chi connectivity index (χ0n) is 63.5. The van der Waals surface area contributed by atoms with Gasteiger partial charge in [0.15, 0.2) is 0 Å². The van der Waals surface area contributed by atoms with Gasteiger partial charge >= 0.3 is 12.4 Å². The first-order valence-electron chi connectivity index (χ1n) is 37.7. The molecule has 4 aliphatic carbocycles. The summed E-state index contributed by atoms with van der Waals surface area (Å²) in [6, 6.07) is -12.0. The lowest BCUT2D eigenvalue weighted by atomic mass is 9.74. The smallest absolute Gasteiger partial charge is 0.377 e. The summed E-state index contributed by atoms with van der Waals surface area (Å²) < 4.78 is 153. The van der Waals surface area contributed by atoms with Crippen molar-refractivity contribution < 1.29 is 106 Å². The molecule has 0 aromatic carbocycles. The largest absolute Gasteiger partial charge is 0.397 e. The van der Waals surface area contributed by atoms with Gasteiger partial charge in [-0.05, 0) is 127 Å². The molecule has 3 N–H and O–H groups in total. The van der Waals surface area contributed by atoms with Crippen LogP contribution in [0.3, 0.4) is 0 Å². The Morgan fingerprint density at radius 1 is 0.607 bits per heavy atom. The van der Waals surface area contributed by atoms with Gasteiger partial charge in [-0.1, -0.05) is 40.0 Å². The van der Waals surface area contributed by atoms with E-state index in [1.54, 1.807) is 27.7 Å². The van der Waals surface area contributed by atoms with Crippen LogP contribution < -0.4 is 16.0 Å². The van der Waals surface area contributed by atoms with Gasteiger partial charge in [0, 0.05) is 88.4 Å². The molecule has 7 fully saturated rings. The number of hydrogen-bond acceptors (Lipinski definition) is 13. The number of amides is 12. The monoisotopic (exact) mass is 1540 g/mol. The van der Waals surface area contributed by atoms with E-state index in [0.29, 0.717) is 38.5 Å². The lowest BCUT2D eigenvalue weighted by molar-refractivity contribution is -0.241. The Hall–Kier alpha value is -7.10. The maximum absolute atomic E-state index is 16.0. The van der Waals surface area contributed by atoms with Crippen molar-refractivity contribution >= 4 is 70.9 Å². The highest BCUT2D eigenvalue weighted by atomic mass is 19.4. The second kappa shape index (κ2) is 36.6. The van der Waals surface area contributed by atoms with Crippen LogP contribution in [0.15, 0.2) is 0 Å². The van der Waals surface area contributed by atoms with E-state index in [1.165, 1.54) is 64.0 Å². The van der Waals surface area contributed by atoms with Crippen LogP contribution in [-0.2, 0) is 62.3 Å². The summed E-state index contributed by atoms with van der Waals surface area (Å²) >= 11 is 0. The molecule has 3 saturated heterocycles. The number of carbonyl (C=O) groups excluding carboxylic acids is 12. The molecule has 0 radical (unpaired) electrons. The van der Waals surface area contributed by atoms with Gasteiger partial charge < -0.3 is 64.8 Å². The molecular weight excluding hydrogens is 1430 g/mol. The topological polar surface area (TPSA) is 279 Å². The minimum atomic E-state index is -5.73. The third-order valence-electron chi connectivity index (χ3n) is 23.8. The summed E-state index contributed by atoms with van der Waals surface area (Å²) in [7, 11) is 10.5. The Balaban J connectivity index is 1.32. The molecule has 12 amide bonds. The van der Waals surface area contributed by atoms with Crippen molar-refractivity contribution in [2.75, 3.05) is 89.2 Å². The van der Waals surface area contributed by atoms with Crippen LogP contribution in [0.5, 0.6) is 0 Å². The molecule has 2 bridgehead atoms. The maximum atomic E-state index is 16.0. The van der Waals surface area contributed by atoms with Gasteiger partial charge in [-0.25, -0.2) is 17.6 Å². The van der Waals surface area contributed by atoms with Crippen molar-refractivity contribution in [3.8, 4) is 0 Å². The van der Waals surface area contributed by atoms with Crippen molar-refractivity contribution in [1.29, 1.82) is 0 Å². The summed E-state index contributed by atoms with van der Waals surface area (Å²) in [5.41, 5.74) is -1.78. The van der Waals surface area contributed by atoms with Crippen LogP contribution in [-0.4, -0.2) is 301 Å². The Labute approximate surface area is 619 Å². The first kappa shape index (κ1) is 87.1. The van der Waals surface area contributed by atoms with Gasteiger partial charge in [0.1, 0.15) is 84.5 Å². The van der Waals surface area contributed by atoms with E-state index in [1.807, 2.05) is 0 Å². The minimum absolute atomic E-state index is 0.000239. The summed E-state index contributed by atoms with van der Waals surface area (Å²) in [6.07, 6.45) is -25.8. The fourth-order valence-corrected chi connectivity index (χ4v) is 16.8. The SMILES string of the molecule is CCO[C@@H]1C[C@H]2C(=O)NC3(CCC3)C(=O)N(C)[C@@H](C3CCCC3)C(=O)N(C)[C@H](C(=O)N(C)C)CC(=O)N(C)[C@@H](CC)C(=O)N[C@@H]([C@@H](C)CC)C(=O)N(C)CC(=O)N(C)[C@H]3CCCCN(C3=O)[C@@H](CC3CCC(C(F)(F)F)CC3)C(=O)N(C)CC(=O)N[C@@H](CCC3C(F)C(F)C(C(F)(F)F)C(F)C3F)C(=O)N2C1. The number of nitrogens with zero attached hydrogens (tertiary/aromatic N) is 9. The number of fused-ring (bicyclic) bond motifs is 3. The van der Waals surface area contributed by atoms with E-state index >= 15 is 46.3 Å². The highest BCUT2D eigenvalue weighted by Gasteiger charge is 2.63. The Bertz CT molecular complexity index is 3180. The zero-order chi connectivity index (χ0) is 79.8. The van der Waals surface area contributed by atoms with Crippen LogP contribution in [0, 0.1) is 35.5 Å². The van der Waals surface area contributed by atoms with Crippen molar-refractivity contribution in [3.63, 3.8) is 0 Å². The summed E-state index contributed by atoms with van der Waals surface area (Å²) in [4.78, 5) is 189. The molecule has 7 rings (SSSR count). The molecular formula is C72H110F10N12O13. The molecule has 35 heteroatoms. The number of halogens is 10. The fraction of sp³-hybridized carbons (Fsp3) is 0.833. The van der Waals surface area contributed by atoms with Gasteiger partial charge in [-0.2, -0.15) is 26.3 Å². The van der Waals surface area contributed by atoms with Gasteiger partial charge in [-0.15, -0.1) is 0 Å². The number of nitrogens with one attached hydrogen (secondary N) is 3. The maximum Gasteiger partial charge on any atom is 0.397 e. The molecule has 4 saturated carbocycles. The molecule has 3 heterocycles. The summed E-state index contributed by atoms with van der Waals surface area (Å²) in [5, 5.41) is 8.02. The van der Waals surface area contributed by atoms with E-state index < -0.39 is 242 Å². The van der Waals surface area contributed by atoms with E-state index in [9.17, 15) is 55.1 Å².